The van der Waals surface area contributed by atoms with E-state index in [4.69, 9.17) is 4.99 Å². The molecule has 0 atom stereocenters. The van der Waals surface area contributed by atoms with E-state index in [9.17, 15) is 4.39 Å². The molecular weight excluding hydrogens is 385 g/mol. The maximum atomic E-state index is 13.8. The molecule has 0 saturated carbocycles. The summed E-state index contributed by atoms with van der Waals surface area (Å²) in [6.07, 6.45) is 2.94. The van der Waals surface area contributed by atoms with Gasteiger partial charge in [-0.25, -0.2) is 9.38 Å². The molecule has 0 unspecified atom stereocenters. The van der Waals surface area contributed by atoms with Crippen molar-refractivity contribution < 1.29 is 4.39 Å². The summed E-state index contributed by atoms with van der Waals surface area (Å²) in [7, 11) is 0. The largest absolute Gasteiger partial charge is 0.242 e. The molecule has 0 heterocycles. The van der Waals surface area contributed by atoms with Gasteiger partial charge in [0, 0.05) is 10.6 Å². The molecule has 1 nitrogen and oxygen atoms in total. The van der Waals surface area contributed by atoms with Gasteiger partial charge in [-0.2, -0.15) is 0 Å². The van der Waals surface area contributed by atoms with Gasteiger partial charge in [0.2, 0.25) is 0 Å². The van der Waals surface area contributed by atoms with Crippen molar-refractivity contribution in [3.8, 4) is 0 Å². The molecule has 28 heavy (non-hydrogen) atoms. The van der Waals surface area contributed by atoms with Crippen molar-refractivity contribution in [3.63, 3.8) is 0 Å². The zero-order valence-electron chi connectivity index (χ0n) is 15.7. The minimum Gasteiger partial charge on any atom is -0.242 e. The molecule has 0 aliphatic heterocycles. The van der Waals surface area contributed by atoms with Gasteiger partial charge < -0.3 is 0 Å². The molecule has 0 saturated heterocycles. The molecule has 0 amide bonds. The minimum atomic E-state index is -0.203. The van der Waals surface area contributed by atoms with Crippen molar-refractivity contribution >= 4 is 34.3 Å². The SMILES string of the molecule is Cc1ccc(N=C(C=CSc2ccccc2F)SCCc2ccccc2)cc1. The fraction of sp³-hybridized carbons (Fsp3) is 0.125. The third-order valence-corrected chi connectivity index (χ3v) is 5.79. The molecule has 142 valence electrons. The summed E-state index contributed by atoms with van der Waals surface area (Å²) in [5.41, 5.74) is 3.45. The molecule has 3 rings (SSSR count). The zero-order valence-corrected chi connectivity index (χ0v) is 17.3. The van der Waals surface area contributed by atoms with Gasteiger partial charge in [-0.15, -0.1) is 11.8 Å². The number of rotatable bonds is 7. The first-order valence-electron chi connectivity index (χ1n) is 9.10. The summed E-state index contributed by atoms with van der Waals surface area (Å²) in [6, 6.07) is 25.4. The second kappa shape index (κ2) is 10.9. The predicted molar refractivity (Wildman–Crippen MR) is 122 cm³/mol. The quantitative estimate of drug-likeness (QED) is 0.229. The Kier molecular flexibility index (Phi) is 7.94. The van der Waals surface area contributed by atoms with Crippen LogP contribution < -0.4 is 0 Å². The van der Waals surface area contributed by atoms with Crippen molar-refractivity contribution in [2.75, 3.05) is 5.75 Å². The average Bonchev–Trinajstić information content (AvgIpc) is 2.72. The highest BCUT2D eigenvalue weighted by atomic mass is 32.2. The van der Waals surface area contributed by atoms with Crippen molar-refractivity contribution in [2.24, 2.45) is 4.99 Å². The molecular formula is C24H22FNS2. The van der Waals surface area contributed by atoms with Crippen LogP contribution in [0, 0.1) is 12.7 Å². The van der Waals surface area contributed by atoms with Crippen LogP contribution in [0.2, 0.25) is 0 Å². The van der Waals surface area contributed by atoms with E-state index in [1.165, 1.54) is 29.0 Å². The minimum absolute atomic E-state index is 0.203. The van der Waals surface area contributed by atoms with Gasteiger partial charge in [0.1, 0.15) is 5.82 Å². The maximum Gasteiger partial charge on any atom is 0.137 e. The second-order valence-corrected chi connectivity index (χ2v) is 8.28. The topological polar surface area (TPSA) is 12.4 Å². The zero-order chi connectivity index (χ0) is 19.6. The van der Waals surface area contributed by atoms with Crippen LogP contribution in [0.15, 0.2) is 100 Å². The highest BCUT2D eigenvalue weighted by Gasteiger charge is 2.02. The first-order chi connectivity index (χ1) is 13.7. The number of benzene rings is 3. The lowest BCUT2D eigenvalue weighted by atomic mass is 10.2. The third-order valence-electron chi connectivity index (χ3n) is 4.00. The standard InChI is InChI=1S/C24H22FNS2/c1-19-11-13-21(14-12-19)26-24(28-17-15-20-7-3-2-4-8-20)16-18-27-23-10-6-5-9-22(23)25/h2-14,16,18H,15,17H2,1H3. The summed E-state index contributed by atoms with van der Waals surface area (Å²) in [6.45, 7) is 2.06. The average molecular weight is 408 g/mol. The van der Waals surface area contributed by atoms with Crippen LogP contribution in [0.1, 0.15) is 11.1 Å². The van der Waals surface area contributed by atoms with Gasteiger partial charge in [-0.05, 0) is 54.7 Å². The Labute approximate surface area is 174 Å². The molecule has 0 bridgehead atoms. The molecule has 0 radical (unpaired) electrons. The number of thioether (sulfide) groups is 2. The van der Waals surface area contributed by atoms with Crippen molar-refractivity contribution in [1.29, 1.82) is 0 Å². The molecule has 0 aromatic heterocycles. The fourth-order valence-electron chi connectivity index (χ4n) is 2.49. The lowest BCUT2D eigenvalue weighted by Gasteiger charge is -2.04. The Morgan fingerprint density at radius 3 is 2.39 bits per heavy atom. The number of aryl methyl sites for hydroxylation is 2. The molecule has 0 aliphatic rings. The summed E-state index contributed by atoms with van der Waals surface area (Å²) in [5.74, 6) is 0.731. The van der Waals surface area contributed by atoms with Crippen molar-refractivity contribution in [1.82, 2.24) is 0 Å². The molecule has 0 fully saturated rings. The van der Waals surface area contributed by atoms with Crippen LogP contribution in [-0.2, 0) is 6.42 Å². The van der Waals surface area contributed by atoms with Crippen molar-refractivity contribution in [2.45, 2.75) is 18.2 Å². The molecule has 3 aromatic rings. The third kappa shape index (κ3) is 6.70. The lowest BCUT2D eigenvalue weighted by Crippen LogP contribution is -1.93. The lowest BCUT2D eigenvalue weighted by molar-refractivity contribution is 0.602. The van der Waals surface area contributed by atoms with Gasteiger partial charge >= 0.3 is 0 Å². The first kappa shape index (κ1) is 20.4. The molecule has 0 N–H and O–H groups in total. The van der Waals surface area contributed by atoms with E-state index in [-0.39, 0.29) is 5.82 Å². The van der Waals surface area contributed by atoms with E-state index in [1.807, 2.05) is 35.7 Å². The predicted octanol–water partition coefficient (Wildman–Crippen LogP) is 7.45. The summed E-state index contributed by atoms with van der Waals surface area (Å²) < 4.78 is 13.8. The Morgan fingerprint density at radius 1 is 0.929 bits per heavy atom. The van der Waals surface area contributed by atoms with E-state index >= 15 is 0 Å². The van der Waals surface area contributed by atoms with Crippen LogP contribution in [0.3, 0.4) is 0 Å². The maximum absolute atomic E-state index is 13.8. The first-order valence-corrected chi connectivity index (χ1v) is 11.0. The van der Waals surface area contributed by atoms with E-state index in [0.717, 1.165) is 22.9 Å². The number of aliphatic imine (C=N–C) groups is 1. The molecule has 3 aromatic carbocycles. The summed E-state index contributed by atoms with van der Waals surface area (Å²) in [4.78, 5) is 5.38. The Morgan fingerprint density at radius 2 is 1.64 bits per heavy atom. The van der Waals surface area contributed by atoms with E-state index in [2.05, 4.69) is 43.3 Å². The monoisotopic (exact) mass is 407 g/mol. The Bertz CT molecular complexity index is 934. The van der Waals surface area contributed by atoms with Crippen LogP contribution in [0.25, 0.3) is 0 Å². The van der Waals surface area contributed by atoms with Crippen LogP contribution in [-0.4, -0.2) is 10.8 Å². The van der Waals surface area contributed by atoms with Crippen molar-refractivity contribution in [3.05, 3.63) is 107 Å². The highest BCUT2D eigenvalue weighted by molar-refractivity contribution is 8.14. The van der Waals surface area contributed by atoms with E-state index < -0.39 is 0 Å². The second-order valence-electron chi connectivity index (χ2n) is 6.22. The van der Waals surface area contributed by atoms with Crippen LogP contribution in [0.4, 0.5) is 10.1 Å². The molecule has 4 heteroatoms. The van der Waals surface area contributed by atoms with E-state index in [0.29, 0.717) is 4.90 Å². The molecule has 0 spiro atoms. The van der Waals surface area contributed by atoms with Gasteiger partial charge in [0.15, 0.2) is 0 Å². The Hall–Kier alpha value is -2.30. The number of halogens is 1. The highest BCUT2D eigenvalue weighted by Crippen LogP contribution is 2.24. The van der Waals surface area contributed by atoms with Crippen LogP contribution >= 0.6 is 23.5 Å². The van der Waals surface area contributed by atoms with E-state index in [1.54, 1.807) is 23.9 Å². The normalized spacial score (nSPS) is 11.9. The fourth-order valence-corrected chi connectivity index (χ4v) is 4.14. The number of nitrogens with zero attached hydrogens (tertiary/aromatic N) is 1. The Balaban J connectivity index is 1.69. The van der Waals surface area contributed by atoms with Gasteiger partial charge in [-0.1, -0.05) is 71.9 Å². The smallest absolute Gasteiger partial charge is 0.137 e. The molecule has 0 aliphatic carbocycles. The summed E-state index contributed by atoms with van der Waals surface area (Å²) in [5, 5.41) is 2.82. The van der Waals surface area contributed by atoms with Crippen LogP contribution in [0.5, 0.6) is 0 Å². The summed E-state index contributed by atoms with van der Waals surface area (Å²) >= 11 is 3.08. The van der Waals surface area contributed by atoms with Gasteiger partial charge in [0.05, 0.1) is 10.7 Å². The van der Waals surface area contributed by atoms with Gasteiger partial charge in [-0.3, -0.25) is 0 Å². The number of hydrogen-bond donors (Lipinski definition) is 0. The number of hydrogen-bond acceptors (Lipinski definition) is 3. The van der Waals surface area contributed by atoms with Gasteiger partial charge in [0.25, 0.3) is 0 Å².